The van der Waals surface area contributed by atoms with Gasteiger partial charge in [-0.25, -0.2) is 13.2 Å². The standard InChI is InChI=1S/C20H28F3N3O2/c1-19(2,3)26-7-5-6-25-20(4,18(26)28)17(27)10-13(24)8-12-9-15(22)16(23)11-14(12)21/h9,11,13,25H,5-8,10,24H2,1-4H3/t13?,20-/m1/s1. The van der Waals surface area contributed by atoms with Crippen LogP contribution in [0.3, 0.4) is 0 Å². The molecular weight excluding hydrogens is 371 g/mol. The predicted octanol–water partition coefficient (Wildman–Crippen LogP) is 2.31. The number of hydrogen-bond acceptors (Lipinski definition) is 4. The number of rotatable bonds is 5. The maximum atomic E-state index is 13.8. The minimum absolute atomic E-state index is 0.110. The Morgan fingerprint density at radius 1 is 1.25 bits per heavy atom. The number of amides is 1. The Morgan fingerprint density at radius 3 is 2.46 bits per heavy atom. The molecule has 0 bridgehead atoms. The molecule has 0 saturated carbocycles. The van der Waals surface area contributed by atoms with Crippen LogP contribution in [-0.4, -0.2) is 46.8 Å². The van der Waals surface area contributed by atoms with Crippen molar-refractivity contribution >= 4 is 11.7 Å². The van der Waals surface area contributed by atoms with Gasteiger partial charge >= 0.3 is 0 Å². The van der Waals surface area contributed by atoms with E-state index < -0.39 is 40.4 Å². The normalized spacial score (nSPS) is 22.1. The average molecular weight is 399 g/mol. The lowest BCUT2D eigenvalue weighted by Gasteiger charge is -2.39. The molecule has 0 aromatic heterocycles. The molecule has 8 heteroatoms. The monoisotopic (exact) mass is 399 g/mol. The molecule has 0 aliphatic carbocycles. The van der Waals surface area contributed by atoms with Crippen molar-refractivity contribution in [3.05, 3.63) is 35.1 Å². The van der Waals surface area contributed by atoms with E-state index in [0.717, 1.165) is 6.07 Å². The molecule has 2 atom stereocenters. The number of halogens is 3. The van der Waals surface area contributed by atoms with Gasteiger partial charge in [0.25, 0.3) is 5.91 Å². The van der Waals surface area contributed by atoms with Crippen LogP contribution in [0, 0.1) is 17.5 Å². The van der Waals surface area contributed by atoms with Gasteiger partial charge in [-0.3, -0.25) is 14.9 Å². The molecule has 2 rings (SSSR count). The van der Waals surface area contributed by atoms with Crippen molar-refractivity contribution in [2.75, 3.05) is 13.1 Å². The number of benzene rings is 1. The summed E-state index contributed by atoms with van der Waals surface area (Å²) in [4.78, 5) is 27.7. The lowest BCUT2D eigenvalue weighted by molar-refractivity contribution is -0.146. The third-order valence-corrected chi connectivity index (χ3v) is 5.10. The molecule has 1 fully saturated rings. The molecule has 156 valence electrons. The molecule has 28 heavy (non-hydrogen) atoms. The van der Waals surface area contributed by atoms with E-state index in [9.17, 15) is 22.8 Å². The molecule has 3 N–H and O–H groups in total. The van der Waals surface area contributed by atoms with Gasteiger partial charge in [0.15, 0.2) is 23.0 Å². The van der Waals surface area contributed by atoms with Crippen LogP contribution in [0.15, 0.2) is 12.1 Å². The highest BCUT2D eigenvalue weighted by Crippen LogP contribution is 2.24. The van der Waals surface area contributed by atoms with E-state index in [1.54, 1.807) is 4.90 Å². The summed E-state index contributed by atoms with van der Waals surface area (Å²) in [5.41, 5.74) is 3.99. The van der Waals surface area contributed by atoms with Gasteiger partial charge in [-0.05, 0) is 58.7 Å². The third kappa shape index (κ3) is 4.72. The maximum Gasteiger partial charge on any atom is 0.250 e. The zero-order valence-corrected chi connectivity index (χ0v) is 16.7. The van der Waals surface area contributed by atoms with Gasteiger partial charge in [-0.2, -0.15) is 0 Å². The van der Waals surface area contributed by atoms with Crippen LogP contribution in [0.5, 0.6) is 0 Å². The highest BCUT2D eigenvalue weighted by atomic mass is 19.2. The highest BCUT2D eigenvalue weighted by Gasteiger charge is 2.46. The molecule has 0 radical (unpaired) electrons. The smallest absolute Gasteiger partial charge is 0.250 e. The van der Waals surface area contributed by atoms with E-state index in [2.05, 4.69) is 5.32 Å². The van der Waals surface area contributed by atoms with Crippen molar-refractivity contribution < 1.29 is 22.8 Å². The minimum Gasteiger partial charge on any atom is -0.336 e. The van der Waals surface area contributed by atoms with Crippen molar-refractivity contribution in [3.8, 4) is 0 Å². The largest absolute Gasteiger partial charge is 0.336 e. The molecule has 5 nitrogen and oxygen atoms in total. The van der Waals surface area contributed by atoms with Crippen molar-refractivity contribution in [2.45, 2.75) is 64.1 Å². The van der Waals surface area contributed by atoms with Gasteiger partial charge in [0, 0.05) is 30.6 Å². The zero-order valence-electron chi connectivity index (χ0n) is 16.7. The summed E-state index contributed by atoms with van der Waals surface area (Å²) in [5, 5.41) is 3.03. The fraction of sp³-hybridized carbons (Fsp3) is 0.600. The second-order valence-corrected chi connectivity index (χ2v) is 8.48. The first-order chi connectivity index (χ1) is 12.9. The lowest BCUT2D eigenvalue weighted by atomic mass is 9.87. The van der Waals surface area contributed by atoms with E-state index in [-0.39, 0.29) is 24.3 Å². The van der Waals surface area contributed by atoms with Crippen LogP contribution in [0.25, 0.3) is 0 Å². The number of ketones is 1. The summed E-state index contributed by atoms with van der Waals surface area (Å²) >= 11 is 0. The maximum absolute atomic E-state index is 13.8. The molecule has 1 aromatic carbocycles. The van der Waals surface area contributed by atoms with Crippen molar-refractivity contribution in [1.29, 1.82) is 0 Å². The second kappa shape index (κ2) is 8.21. The number of nitrogens with zero attached hydrogens (tertiary/aromatic N) is 1. The van der Waals surface area contributed by atoms with Gasteiger partial charge in [0.05, 0.1) is 0 Å². The molecule has 1 amide bonds. The van der Waals surface area contributed by atoms with Gasteiger partial charge in [0.2, 0.25) is 0 Å². The fourth-order valence-electron chi connectivity index (χ4n) is 3.40. The number of carbonyl (C=O) groups is 2. The molecule has 1 aliphatic heterocycles. The fourth-order valence-corrected chi connectivity index (χ4v) is 3.40. The number of carbonyl (C=O) groups excluding carboxylic acids is 2. The summed E-state index contributed by atoms with van der Waals surface area (Å²) in [6.45, 7) is 8.26. The molecule has 1 heterocycles. The molecule has 1 unspecified atom stereocenters. The van der Waals surface area contributed by atoms with E-state index >= 15 is 0 Å². The number of Topliss-reactive ketones (excluding diaryl/α,β-unsaturated/α-hetero) is 1. The lowest BCUT2D eigenvalue weighted by Crippen LogP contribution is -2.62. The van der Waals surface area contributed by atoms with E-state index in [1.165, 1.54) is 6.92 Å². The molecule has 0 spiro atoms. The topological polar surface area (TPSA) is 75.4 Å². The van der Waals surface area contributed by atoms with Gasteiger partial charge in [-0.15, -0.1) is 0 Å². The van der Waals surface area contributed by atoms with E-state index in [0.29, 0.717) is 25.6 Å². The molecule has 1 saturated heterocycles. The van der Waals surface area contributed by atoms with Crippen LogP contribution in [0.1, 0.15) is 46.1 Å². The van der Waals surface area contributed by atoms with Crippen LogP contribution < -0.4 is 11.1 Å². The Balaban J connectivity index is 2.15. The highest BCUT2D eigenvalue weighted by molar-refractivity contribution is 6.10. The SMILES string of the molecule is CC(C)(C)N1CCCN[C@](C)(C(=O)CC(N)Cc2cc(F)c(F)cc2F)C1=O. The minimum atomic E-state index is -1.44. The first kappa shape index (κ1) is 22.4. The Hall–Kier alpha value is -1.93. The van der Waals surface area contributed by atoms with Gasteiger partial charge in [0.1, 0.15) is 5.82 Å². The number of hydrogen-bond donors (Lipinski definition) is 2. The Morgan fingerprint density at radius 2 is 1.86 bits per heavy atom. The van der Waals surface area contributed by atoms with Crippen LogP contribution in [-0.2, 0) is 16.0 Å². The Bertz CT molecular complexity index is 764. The number of nitrogens with two attached hydrogens (primary N) is 1. The molecule has 1 aliphatic rings. The summed E-state index contributed by atoms with van der Waals surface area (Å²) in [7, 11) is 0. The average Bonchev–Trinajstić information content (AvgIpc) is 2.72. The van der Waals surface area contributed by atoms with Crippen LogP contribution >= 0.6 is 0 Å². The summed E-state index contributed by atoms with van der Waals surface area (Å²) in [6, 6.07) is 0.357. The summed E-state index contributed by atoms with van der Waals surface area (Å²) in [5.74, 6) is -4.12. The first-order valence-electron chi connectivity index (χ1n) is 9.35. The molecular formula is C20H28F3N3O2. The van der Waals surface area contributed by atoms with Crippen molar-refractivity contribution in [1.82, 2.24) is 10.2 Å². The van der Waals surface area contributed by atoms with Gasteiger partial charge < -0.3 is 10.6 Å². The summed E-state index contributed by atoms with van der Waals surface area (Å²) in [6.07, 6.45) is 0.353. The van der Waals surface area contributed by atoms with Crippen LogP contribution in [0.2, 0.25) is 0 Å². The van der Waals surface area contributed by atoms with Crippen LogP contribution in [0.4, 0.5) is 13.2 Å². The van der Waals surface area contributed by atoms with E-state index in [1.807, 2.05) is 20.8 Å². The predicted molar refractivity (Wildman–Crippen MR) is 100 cm³/mol. The number of nitrogens with one attached hydrogen (secondary N) is 1. The van der Waals surface area contributed by atoms with Crippen molar-refractivity contribution in [3.63, 3.8) is 0 Å². The molecule has 1 aromatic rings. The summed E-state index contributed by atoms with van der Waals surface area (Å²) < 4.78 is 40.3. The van der Waals surface area contributed by atoms with Crippen molar-refractivity contribution in [2.24, 2.45) is 5.73 Å². The van der Waals surface area contributed by atoms with E-state index in [4.69, 9.17) is 5.73 Å². The second-order valence-electron chi connectivity index (χ2n) is 8.48. The third-order valence-electron chi connectivity index (χ3n) is 5.10. The first-order valence-corrected chi connectivity index (χ1v) is 9.35. The van der Waals surface area contributed by atoms with Gasteiger partial charge in [-0.1, -0.05) is 0 Å². The Labute approximate surface area is 163 Å². The quantitative estimate of drug-likeness (QED) is 0.589. The zero-order chi connectivity index (χ0) is 21.3. The Kier molecular flexibility index (Phi) is 6.55.